The van der Waals surface area contributed by atoms with Crippen LogP contribution in [-0.4, -0.2) is 18.4 Å². The predicted octanol–water partition coefficient (Wildman–Crippen LogP) is 1.73. The van der Waals surface area contributed by atoms with E-state index in [9.17, 15) is 14.0 Å². The molecule has 2 amide bonds. The third-order valence-electron chi connectivity index (χ3n) is 2.26. The molecular formula is C13H11FN2O3S. The summed E-state index contributed by atoms with van der Waals surface area (Å²) in [7, 11) is 0. The number of para-hydroxylation sites is 1. The molecule has 0 saturated carbocycles. The van der Waals surface area contributed by atoms with Crippen molar-refractivity contribution in [1.29, 1.82) is 0 Å². The lowest BCUT2D eigenvalue weighted by molar-refractivity contribution is -0.123. The van der Waals surface area contributed by atoms with Crippen molar-refractivity contribution in [3.63, 3.8) is 0 Å². The van der Waals surface area contributed by atoms with Crippen LogP contribution in [0.25, 0.3) is 0 Å². The number of nitrogens with one attached hydrogen (secondary N) is 2. The Bertz CT molecular complexity index is 601. The summed E-state index contributed by atoms with van der Waals surface area (Å²) in [6.07, 6.45) is 0. The molecule has 1 aromatic heterocycles. The van der Waals surface area contributed by atoms with Crippen molar-refractivity contribution in [2.45, 2.75) is 0 Å². The first-order valence-electron chi connectivity index (χ1n) is 5.67. The second-order valence-electron chi connectivity index (χ2n) is 3.70. The van der Waals surface area contributed by atoms with E-state index in [-0.39, 0.29) is 5.75 Å². The second-order valence-corrected chi connectivity index (χ2v) is 4.65. The van der Waals surface area contributed by atoms with Crippen molar-refractivity contribution in [2.24, 2.45) is 0 Å². The lowest BCUT2D eigenvalue weighted by atomic mass is 10.3. The molecule has 0 aliphatic heterocycles. The zero-order valence-electron chi connectivity index (χ0n) is 10.3. The Morgan fingerprint density at radius 2 is 1.95 bits per heavy atom. The number of hydrogen-bond donors (Lipinski definition) is 2. The van der Waals surface area contributed by atoms with Gasteiger partial charge in [-0.05, 0) is 23.6 Å². The average molecular weight is 294 g/mol. The highest BCUT2D eigenvalue weighted by molar-refractivity contribution is 7.12. The van der Waals surface area contributed by atoms with Crippen LogP contribution in [0, 0.1) is 5.82 Å². The van der Waals surface area contributed by atoms with Crippen LogP contribution in [0.4, 0.5) is 4.39 Å². The molecule has 1 heterocycles. The van der Waals surface area contributed by atoms with Gasteiger partial charge in [0.2, 0.25) is 0 Å². The molecule has 5 nitrogen and oxygen atoms in total. The minimum Gasteiger partial charge on any atom is -0.481 e. The normalized spacial score (nSPS) is 9.85. The summed E-state index contributed by atoms with van der Waals surface area (Å²) in [6.45, 7) is -0.397. The quantitative estimate of drug-likeness (QED) is 0.844. The van der Waals surface area contributed by atoms with Crippen LogP contribution in [0.2, 0.25) is 0 Å². The van der Waals surface area contributed by atoms with Gasteiger partial charge < -0.3 is 4.74 Å². The van der Waals surface area contributed by atoms with Gasteiger partial charge in [-0.15, -0.1) is 11.3 Å². The number of carbonyl (C=O) groups excluding carboxylic acids is 2. The van der Waals surface area contributed by atoms with Crippen LogP contribution in [0.1, 0.15) is 9.67 Å². The Morgan fingerprint density at radius 3 is 2.65 bits per heavy atom. The minimum atomic E-state index is -0.585. The van der Waals surface area contributed by atoms with Crippen LogP contribution >= 0.6 is 11.3 Å². The van der Waals surface area contributed by atoms with Gasteiger partial charge in [0.15, 0.2) is 18.2 Å². The van der Waals surface area contributed by atoms with Crippen LogP contribution in [0.5, 0.6) is 5.75 Å². The molecule has 0 atom stereocenters. The fourth-order valence-electron chi connectivity index (χ4n) is 1.34. The van der Waals surface area contributed by atoms with Crippen molar-refractivity contribution >= 4 is 23.2 Å². The molecule has 1 aromatic carbocycles. The molecular weight excluding hydrogens is 283 g/mol. The van der Waals surface area contributed by atoms with E-state index in [0.29, 0.717) is 4.88 Å². The number of rotatable bonds is 4. The maximum atomic E-state index is 13.2. The monoisotopic (exact) mass is 294 g/mol. The number of carbonyl (C=O) groups is 2. The van der Waals surface area contributed by atoms with E-state index in [4.69, 9.17) is 4.74 Å². The molecule has 0 radical (unpaired) electrons. The SMILES string of the molecule is O=C(COc1ccccc1F)NNC(=O)c1cccs1. The topological polar surface area (TPSA) is 67.4 Å². The van der Waals surface area contributed by atoms with E-state index >= 15 is 0 Å². The highest BCUT2D eigenvalue weighted by atomic mass is 32.1. The summed E-state index contributed by atoms with van der Waals surface area (Å²) < 4.78 is 18.2. The van der Waals surface area contributed by atoms with Gasteiger partial charge in [-0.2, -0.15) is 0 Å². The fourth-order valence-corrected chi connectivity index (χ4v) is 1.96. The van der Waals surface area contributed by atoms with Gasteiger partial charge in [0.1, 0.15) is 0 Å². The van der Waals surface area contributed by atoms with E-state index in [1.165, 1.54) is 29.5 Å². The van der Waals surface area contributed by atoms with E-state index in [0.717, 1.165) is 0 Å². The lowest BCUT2D eigenvalue weighted by Gasteiger charge is -2.08. The number of hydrogen-bond acceptors (Lipinski definition) is 4. The molecule has 2 aromatic rings. The van der Waals surface area contributed by atoms with Crippen molar-refractivity contribution in [1.82, 2.24) is 10.9 Å². The summed E-state index contributed by atoms with van der Waals surface area (Å²) in [6, 6.07) is 9.10. The summed E-state index contributed by atoms with van der Waals surface area (Å²) in [5.41, 5.74) is 4.42. The number of hydrazine groups is 1. The number of amides is 2. The van der Waals surface area contributed by atoms with E-state index in [1.54, 1.807) is 23.6 Å². The number of benzene rings is 1. The molecule has 2 N–H and O–H groups in total. The predicted molar refractivity (Wildman–Crippen MR) is 71.8 cm³/mol. The van der Waals surface area contributed by atoms with Crippen LogP contribution in [0.3, 0.4) is 0 Å². The first-order valence-corrected chi connectivity index (χ1v) is 6.55. The first-order chi connectivity index (χ1) is 9.66. The summed E-state index contributed by atoms with van der Waals surface area (Å²) in [5, 5.41) is 1.75. The summed E-state index contributed by atoms with van der Waals surface area (Å²) >= 11 is 1.25. The average Bonchev–Trinajstić information content (AvgIpc) is 2.98. The molecule has 0 spiro atoms. The third-order valence-corrected chi connectivity index (χ3v) is 3.12. The van der Waals surface area contributed by atoms with Gasteiger partial charge in [-0.1, -0.05) is 18.2 Å². The maximum Gasteiger partial charge on any atom is 0.279 e. The Labute approximate surface area is 118 Å². The van der Waals surface area contributed by atoms with Crippen LogP contribution < -0.4 is 15.6 Å². The molecule has 20 heavy (non-hydrogen) atoms. The van der Waals surface area contributed by atoms with Gasteiger partial charge in [0.05, 0.1) is 4.88 Å². The Morgan fingerprint density at radius 1 is 1.15 bits per heavy atom. The molecule has 0 fully saturated rings. The van der Waals surface area contributed by atoms with E-state index < -0.39 is 24.2 Å². The molecule has 7 heteroatoms. The summed E-state index contributed by atoms with van der Waals surface area (Å²) in [4.78, 5) is 23.4. The van der Waals surface area contributed by atoms with Gasteiger partial charge >= 0.3 is 0 Å². The molecule has 0 aliphatic rings. The zero-order chi connectivity index (χ0) is 14.4. The minimum absolute atomic E-state index is 0.0211. The van der Waals surface area contributed by atoms with Crippen molar-refractivity contribution in [2.75, 3.05) is 6.61 Å². The van der Waals surface area contributed by atoms with E-state index in [1.807, 2.05) is 0 Å². The van der Waals surface area contributed by atoms with Crippen molar-refractivity contribution in [3.8, 4) is 5.75 Å². The van der Waals surface area contributed by atoms with Crippen molar-refractivity contribution in [3.05, 3.63) is 52.5 Å². The van der Waals surface area contributed by atoms with Gasteiger partial charge in [-0.25, -0.2) is 4.39 Å². The zero-order valence-corrected chi connectivity index (χ0v) is 11.1. The van der Waals surface area contributed by atoms with Gasteiger partial charge in [0, 0.05) is 0 Å². The first kappa shape index (κ1) is 14.0. The fraction of sp³-hybridized carbons (Fsp3) is 0.0769. The number of halogens is 1. The molecule has 0 bridgehead atoms. The lowest BCUT2D eigenvalue weighted by Crippen LogP contribution is -2.43. The molecule has 104 valence electrons. The highest BCUT2D eigenvalue weighted by Gasteiger charge is 2.09. The van der Waals surface area contributed by atoms with Gasteiger partial charge in [-0.3, -0.25) is 20.4 Å². The molecule has 2 rings (SSSR count). The van der Waals surface area contributed by atoms with Crippen LogP contribution in [0.15, 0.2) is 41.8 Å². The van der Waals surface area contributed by atoms with Gasteiger partial charge in [0.25, 0.3) is 11.8 Å². The standard InChI is InChI=1S/C13H11FN2O3S/c14-9-4-1-2-5-10(9)19-8-12(17)15-16-13(18)11-6-3-7-20-11/h1-7H,8H2,(H,15,17)(H,16,18). The van der Waals surface area contributed by atoms with Crippen LogP contribution in [-0.2, 0) is 4.79 Å². The number of thiophene rings is 1. The second kappa shape index (κ2) is 6.67. The molecule has 0 saturated heterocycles. The molecule has 0 unspecified atom stereocenters. The number of ether oxygens (including phenoxy) is 1. The van der Waals surface area contributed by atoms with Crippen molar-refractivity contribution < 1.29 is 18.7 Å². The Kier molecular flexibility index (Phi) is 4.67. The van der Waals surface area contributed by atoms with E-state index in [2.05, 4.69) is 10.9 Å². The third kappa shape index (κ3) is 3.79. The Hall–Kier alpha value is -2.41. The smallest absolute Gasteiger partial charge is 0.279 e. The highest BCUT2D eigenvalue weighted by Crippen LogP contribution is 2.14. The maximum absolute atomic E-state index is 13.2. The largest absolute Gasteiger partial charge is 0.481 e. The summed E-state index contributed by atoms with van der Waals surface area (Å²) in [5.74, 6) is -1.58. The molecule has 0 aliphatic carbocycles. The Balaban J connectivity index is 1.76.